The van der Waals surface area contributed by atoms with Crippen LogP contribution in [0.25, 0.3) is 11.1 Å². The van der Waals surface area contributed by atoms with E-state index in [-0.39, 0.29) is 0 Å². The third-order valence-corrected chi connectivity index (χ3v) is 3.20. The van der Waals surface area contributed by atoms with Gasteiger partial charge in [-0.3, -0.25) is 4.98 Å². The minimum Gasteiger partial charge on any atom is -0.478 e. The second kappa shape index (κ2) is 4.32. The van der Waals surface area contributed by atoms with Crippen LogP contribution in [0.15, 0.2) is 29.9 Å². The molecule has 0 atom stereocenters. The van der Waals surface area contributed by atoms with E-state index in [9.17, 15) is 9.90 Å². The second-order valence-electron chi connectivity index (χ2n) is 3.15. The zero-order chi connectivity index (χ0) is 11.5. The largest absolute Gasteiger partial charge is 0.478 e. The van der Waals surface area contributed by atoms with E-state index in [0.717, 1.165) is 5.56 Å². The van der Waals surface area contributed by atoms with Crippen molar-refractivity contribution in [3.8, 4) is 11.1 Å². The lowest BCUT2D eigenvalue weighted by Gasteiger charge is -2.02. The average molecular weight is 234 g/mol. The molecule has 0 unspecified atom stereocenters. The number of aromatic nitrogens is 1. The number of thiophene rings is 1. The van der Waals surface area contributed by atoms with Crippen LogP contribution in [0.5, 0.6) is 0 Å². The highest BCUT2D eigenvalue weighted by Gasteiger charge is 2.18. The van der Waals surface area contributed by atoms with Crippen LogP contribution in [0.3, 0.4) is 0 Å². The van der Waals surface area contributed by atoms with Crippen molar-refractivity contribution in [1.82, 2.24) is 4.98 Å². The van der Waals surface area contributed by atoms with Crippen LogP contribution in [-0.2, 0) is 0 Å². The summed E-state index contributed by atoms with van der Waals surface area (Å²) in [5.74, 6) is -0.926. The number of nitrogens with zero attached hydrogens (tertiary/aromatic N) is 1. The Kier molecular flexibility index (Phi) is 2.87. The van der Waals surface area contributed by atoms with Crippen LogP contribution < -0.4 is 5.32 Å². The van der Waals surface area contributed by atoms with Crippen molar-refractivity contribution in [3.05, 3.63) is 35.5 Å². The molecule has 2 aromatic heterocycles. The first-order valence-electron chi connectivity index (χ1n) is 4.67. The maximum Gasteiger partial charge on any atom is 0.339 e. The molecule has 2 rings (SSSR count). The molecule has 0 aliphatic rings. The van der Waals surface area contributed by atoms with Crippen molar-refractivity contribution in [2.75, 3.05) is 12.4 Å². The van der Waals surface area contributed by atoms with Crippen molar-refractivity contribution in [3.63, 3.8) is 0 Å². The van der Waals surface area contributed by atoms with Crippen LogP contribution in [0.4, 0.5) is 5.00 Å². The first-order valence-corrected chi connectivity index (χ1v) is 5.55. The third kappa shape index (κ3) is 1.77. The standard InChI is InChI=1S/C11H10N2O2S/c1-12-10-9(11(14)15)8(6-16-10)7-3-2-4-13-5-7/h2-6,12H,1H3,(H,14,15). The fourth-order valence-electron chi connectivity index (χ4n) is 1.49. The molecular formula is C11H10N2O2S. The minimum absolute atomic E-state index is 0.306. The smallest absolute Gasteiger partial charge is 0.339 e. The number of pyridine rings is 1. The number of carboxylic acids is 1. The summed E-state index contributed by atoms with van der Waals surface area (Å²) in [5.41, 5.74) is 1.83. The second-order valence-corrected chi connectivity index (χ2v) is 4.03. The molecule has 0 fully saturated rings. The van der Waals surface area contributed by atoms with Gasteiger partial charge in [-0.2, -0.15) is 0 Å². The number of rotatable bonds is 3. The molecule has 0 aliphatic carbocycles. The van der Waals surface area contributed by atoms with Gasteiger partial charge in [0.25, 0.3) is 0 Å². The molecule has 0 bridgehead atoms. The predicted molar refractivity (Wildman–Crippen MR) is 64.1 cm³/mol. The number of hydrogen-bond acceptors (Lipinski definition) is 4. The third-order valence-electron chi connectivity index (χ3n) is 2.20. The normalized spacial score (nSPS) is 10.1. The van der Waals surface area contributed by atoms with Crippen LogP contribution in [0.2, 0.25) is 0 Å². The fourth-order valence-corrected chi connectivity index (χ4v) is 2.41. The van der Waals surface area contributed by atoms with Gasteiger partial charge in [0.2, 0.25) is 0 Å². The van der Waals surface area contributed by atoms with Crippen molar-refractivity contribution in [2.24, 2.45) is 0 Å². The van der Waals surface area contributed by atoms with Crippen molar-refractivity contribution >= 4 is 22.3 Å². The van der Waals surface area contributed by atoms with E-state index >= 15 is 0 Å². The summed E-state index contributed by atoms with van der Waals surface area (Å²) in [7, 11) is 1.71. The van der Waals surface area contributed by atoms with Gasteiger partial charge >= 0.3 is 5.97 Å². The fraction of sp³-hybridized carbons (Fsp3) is 0.0909. The molecule has 5 heteroatoms. The van der Waals surface area contributed by atoms with Crippen molar-refractivity contribution in [2.45, 2.75) is 0 Å². The molecule has 2 N–H and O–H groups in total. The van der Waals surface area contributed by atoms with Gasteiger partial charge in [0.1, 0.15) is 10.6 Å². The summed E-state index contributed by atoms with van der Waals surface area (Å²) in [6.07, 6.45) is 3.32. The Bertz CT molecular complexity index is 508. The van der Waals surface area contributed by atoms with Gasteiger partial charge in [-0.1, -0.05) is 6.07 Å². The summed E-state index contributed by atoms with van der Waals surface area (Å²) >= 11 is 1.38. The molecule has 0 radical (unpaired) electrons. The molecule has 16 heavy (non-hydrogen) atoms. The monoisotopic (exact) mass is 234 g/mol. The summed E-state index contributed by atoms with van der Waals surface area (Å²) in [4.78, 5) is 15.2. The lowest BCUT2D eigenvalue weighted by molar-refractivity contribution is 0.0699. The van der Waals surface area contributed by atoms with Gasteiger partial charge < -0.3 is 10.4 Å². The number of carbonyl (C=O) groups is 1. The highest BCUT2D eigenvalue weighted by Crippen LogP contribution is 2.34. The summed E-state index contributed by atoms with van der Waals surface area (Å²) < 4.78 is 0. The van der Waals surface area contributed by atoms with E-state index in [2.05, 4.69) is 10.3 Å². The molecule has 2 aromatic rings. The van der Waals surface area contributed by atoms with E-state index < -0.39 is 5.97 Å². The lowest BCUT2D eigenvalue weighted by Crippen LogP contribution is -2.00. The van der Waals surface area contributed by atoms with Crippen LogP contribution >= 0.6 is 11.3 Å². The number of nitrogens with one attached hydrogen (secondary N) is 1. The molecule has 0 amide bonds. The predicted octanol–water partition coefficient (Wildman–Crippen LogP) is 2.55. The number of aromatic carboxylic acids is 1. The SMILES string of the molecule is CNc1scc(-c2cccnc2)c1C(=O)O. The van der Waals surface area contributed by atoms with Gasteiger partial charge in [-0.15, -0.1) is 11.3 Å². The number of carboxylic acid groups (broad SMARTS) is 1. The van der Waals surface area contributed by atoms with Crippen LogP contribution in [0.1, 0.15) is 10.4 Å². The summed E-state index contributed by atoms with van der Waals surface area (Å²) in [5, 5.41) is 14.5. The van der Waals surface area contributed by atoms with E-state index in [4.69, 9.17) is 0 Å². The van der Waals surface area contributed by atoms with Gasteiger partial charge in [0, 0.05) is 35.9 Å². The molecule has 0 saturated carbocycles. The summed E-state index contributed by atoms with van der Waals surface area (Å²) in [6, 6.07) is 3.64. The zero-order valence-corrected chi connectivity index (χ0v) is 9.41. The number of anilines is 1. The molecular weight excluding hydrogens is 224 g/mol. The highest BCUT2D eigenvalue weighted by molar-refractivity contribution is 7.15. The maximum atomic E-state index is 11.2. The van der Waals surface area contributed by atoms with Crippen molar-refractivity contribution < 1.29 is 9.90 Å². The highest BCUT2D eigenvalue weighted by atomic mass is 32.1. The summed E-state index contributed by atoms with van der Waals surface area (Å²) in [6.45, 7) is 0. The van der Waals surface area contributed by atoms with E-state index in [0.29, 0.717) is 16.1 Å². The maximum absolute atomic E-state index is 11.2. The first kappa shape index (κ1) is 10.6. The Labute approximate surface area is 96.6 Å². The average Bonchev–Trinajstić information content (AvgIpc) is 2.73. The molecule has 0 aliphatic heterocycles. The molecule has 82 valence electrons. The Morgan fingerprint density at radius 2 is 2.38 bits per heavy atom. The molecule has 0 saturated heterocycles. The van der Waals surface area contributed by atoms with Gasteiger partial charge in [-0.05, 0) is 6.07 Å². The Morgan fingerprint density at radius 1 is 1.56 bits per heavy atom. The molecule has 4 nitrogen and oxygen atoms in total. The quantitative estimate of drug-likeness (QED) is 0.856. The minimum atomic E-state index is -0.926. The van der Waals surface area contributed by atoms with E-state index in [1.54, 1.807) is 25.5 Å². The van der Waals surface area contributed by atoms with Crippen LogP contribution in [-0.4, -0.2) is 23.1 Å². The van der Waals surface area contributed by atoms with Gasteiger partial charge in [0.15, 0.2) is 0 Å². The topological polar surface area (TPSA) is 62.2 Å². The molecule has 0 aromatic carbocycles. The lowest BCUT2D eigenvalue weighted by atomic mass is 10.1. The zero-order valence-electron chi connectivity index (χ0n) is 8.60. The Balaban J connectivity index is 2.58. The van der Waals surface area contributed by atoms with E-state index in [1.165, 1.54) is 11.3 Å². The van der Waals surface area contributed by atoms with Gasteiger partial charge in [0.05, 0.1) is 0 Å². The Hall–Kier alpha value is -1.88. The number of hydrogen-bond donors (Lipinski definition) is 2. The van der Waals surface area contributed by atoms with Gasteiger partial charge in [-0.25, -0.2) is 4.79 Å². The van der Waals surface area contributed by atoms with Crippen LogP contribution in [0, 0.1) is 0 Å². The Morgan fingerprint density at radius 3 is 2.94 bits per heavy atom. The molecule has 2 heterocycles. The first-order chi connectivity index (χ1) is 7.74. The van der Waals surface area contributed by atoms with E-state index in [1.807, 2.05) is 11.4 Å². The van der Waals surface area contributed by atoms with Crippen molar-refractivity contribution in [1.29, 1.82) is 0 Å². The molecule has 0 spiro atoms.